The Bertz CT molecular complexity index is 2050. The van der Waals surface area contributed by atoms with Gasteiger partial charge in [0.15, 0.2) is 5.78 Å². The van der Waals surface area contributed by atoms with E-state index < -0.39 is 100 Å². The molecule has 1 amide bonds. The number of methoxy groups -OCH3 is 2. The number of cyclic esters (lactones) is 1. The molecule has 402 valence electrons. The van der Waals surface area contributed by atoms with Crippen LogP contribution in [0.5, 0.6) is 0 Å². The van der Waals surface area contributed by atoms with Crippen molar-refractivity contribution in [2.45, 2.75) is 180 Å². The number of allylic oxidation sites excluding steroid dienone is 6. The van der Waals surface area contributed by atoms with Crippen molar-refractivity contribution in [3.63, 3.8) is 0 Å². The summed E-state index contributed by atoms with van der Waals surface area (Å²) in [5.74, 6) is -8.91. The minimum atomic E-state index is -3.99. The first-order valence-corrected chi connectivity index (χ1v) is 27.2. The first-order valence-electron chi connectivity index (χ1n) is 25.6. The van der Waals surface area contributed by atoms with Crippen LogP contribution < -0.4 is 4.72 Å². The van der Waals surface area contributed by atoms with Crippen molar-refractivity contribution in [2.75, 3.05) is 40.2 Å². The highest BCUT2D eigenvalue weighted by Crippen LogP contribution is 2.38. The Hall–Kier alpha value is -3.46. The van der Waals surface area contributed by atoms with Crippen LogP contribution >= 0.6 is 0 Å². The van der Waals surface area contributed by atoms with Gasteiger partial charge in [0.2, 0.25) is 15.8 Å². The normalized spacial score (nSPS) is 37.3. The van der Waals surface area contributed by atoms with Crippen molar-refractivity contribution in [3.05, 3.63) is 47.6 Å². The largest absolute Gasteiger partial charge is 0.460 e. The van der Waals surface area contributed by atoms with E-state index in [1.165, 1.54) is 33.9 Å². The molecule has 3 fully saturated rings. The molecule has 2 aliphatic heterocycles. The van der Waals surface area contributed by atoms with Gasteiger partial charge in [-0.1, -0.05) is 69.7 Å². The summed E-state index contributed by atoms with van der Waals surface area (Å²) in [5, 5.41) is 32.8. The smallest absolute Gasteiger partial charge is 0.328 e. The molecule has 2 heterocycles. The Labute approximate surface area is 422 Å². The summed E-state index contributed by atoms with van der Waals surface area (Å²) in [7, 11) is 0.271. The summed E-state index contributed by atoms with van der Waals surface area (Å²) < 4.78 is 58.4. The first-order chi connectivity index (χ1) is 33.5. The number of rotatable bonds is 12. The number of aliphatic hydroxyl groups excluding tert-OH is 2. The van der Waals surface area contributed by atoms with Crippen LogP contribution in [0.2, 0.25) is 0 Å². The average Bonchev–Trinajstić information content (AvgIpc) is 4.17. The third-order valence-electron chi connectivity index (χ3n) is 15.1. The molecular formula is C53H84N2O15S. The number of fused-ring (bicyclic) bond motifs is 2. The summed E-state index contributed by atoms with van der Waals surface area (Å²) in [5.41, 5.74) is 0.909. The predicted octanol–water partition coefficient (Wildman–Crippen LogP) is 5.10. The SMILES string of the molecule is COC1C(=O)C(C)CC\C=C/C=C\C=C(\C)C(NS(=O)(=O)CCO)C[C@H]2CC[C@H](C)[C@](O)(O2)C(=O)C(=O)N(C)C(C)C(=O)OC([C@H](C)C[C@@H]2CC[C@@H](OCC3CC3)[C@H](OC)C2)CC(=O)C(C)/C=C(/C)C1O. The Morgan fingerprint density at radius 2 is 1.58 bits per heavy atom. The monoisotopic (exact) mass is 1020 g/mol. The molecule has 2 bridgehead atoms. The van der Waals surface area contributed by atoms with E-state index in [0.29, 0.717) is 49.2 Å². The first kappa shape index (κ1) is 60.1. The second kappa shape index (κ2) is 27.7. The predicted molar refractivity (Wildman–Crippen MR) is 267 cm³/mol. The van der Waals surface area contributed by atoms with Gasteiger partial charge in [0.05, 0.1) is 30.7 Å². The van der Waals surface area contributed by atoms with Gasteiger partial charge >= 0.3 is 5.97 Å². The number of ether oxygens (including phenoxy) is 5. The lowest BCUT2D eigenvalue weighted by atomic mass is 9.78. The van der Waals surface area contributed by atoms with Gasteiger partial charge in [-0.25, -0.2) is 17.9 Å². The zero-order valence-electron chi connectivity index (χ0n) is 43.7. The van der Waals surface area contributed by atoms with Gasteiger partial charge in [-0.05, 0) is 115 Å². The molecule has 2 saturated carbocycles. The molecule has 0 aromatic heterocycles. The van der Waals surface area contributed by atoms with Crippen molar-refractivity contribution in [3.8, 4) is 0 Å². The number of nitrogens with one attached hydrogen (secondary N) is 1. The van der Waals surface area contributed by atoms with E-state index in [1.807, 2.05) is 13.0 Å². The molecule has 0 spiro atoms. The summed E-state index contributed by atoms with van der Waals surface area (Å²) in [6, 6.07) is -2.26. The molecule has 4 N–H and O–H groups in total. The fraction of sp³-hybridized carbons (Fsp3) is 0.755. The number of sulfonamides is 1. The van der Waals surface area contributed by atoms with Crippen LogP contribution in [0.4, 0.5) is 0 Å². The highest BCUT2D eigenvalue weighted by Gasteiger charge is 2.52. The van der Waals surface area contributed by atoms with Crippen LogP contribution in [-0.4, -0.2) is 153 Å². The number of esters is 1. The lowest BCUT2D eigenvalue weighted by Gasteiger charge is -2.42. The molecule has 17 nitrogen and oxygen atoms in total. The summed E-state index contributed by atoms with van der Waals surface area (Å²) in [6.45, 7) is 11.7. The third-order valence-corrected chi connectivity index (χ3v) is 16.5. The minimum Gasteiger partial charge on any atom is -0.460 e. The maximum atomic E-state index is 14.1. The summed E-state index contributed by atoms with van der Waals surface area (Å²) >= 11 is 0. The molecule has 7 unspecified atom stereocenters. The van der Waals surface area contributed by atoms with E-state index in [9.17, 15) is 47.7 Å². The maximum absolute atomic E-state index is 14.1. The van der Waals surface area contributed by atoms with E-state index in [-0.39, 0.29) is 54.9 Å². The van der Waals surface area contributed by atoms with Gasteiger partial charge in [-0.15, -0.1) is 0 Å². The molecule has 4 rings (SSSR count). The highest BCUT2D eigenvalue weighted by atomic mass is 32.2. The Morgan fingerprint density at radius 1 is 0.887 bits per heavy atom. The Morgan fingerprint density at radius 3 is 2.23 bits per heavy atom. The Kier molecular flexibility index (Phi) is 23.5. The molecule has 0 radical (unpaired) electrons. The number of ketones is 3. The van der Waals surface area contributed by atoms with Crippen molar-refractivity contribution in [2.24, 2.45) is 35.5 Å². The maximum Gasteiger partial charge on any atom is 0.328 e. The minimum absolute atomic E-state index is 0.0249. The lowest BCUT2D eigenvalue weighted by molar-refractivity contribution is -0.263. The molecular weight excluding hydrogens is 937 g/mol. The number of Topliss-reactive ketones (excluding diaryl/α,β-unsaturated/α-hetero) is 3. The number of hydrogen-bond donors (Lipinski definition) is 4. The quantitative estimate of drug-likeness (QED) is 0.113. The molecule has 2 aliphatic carbocycles. The van der Waals surface area contributed by atoms with Crippen molar-refractivity contribution in [1.82, 2.24) is 9.62 Å². The van der Waals surface area contributed by atoms with Crippen molar-refractivity contribution >= 4 is 39.2 Å². The van der Waals surface area contributed by atoms with Crippen molar-refractivity contribution < 1.29 is 71.4 Å². The molecule has 4 aliphatic rings. The number of carbonyl (C=O) groups excluding carboxylic acids is 5. The second-order valence-electron chi connectivity index (χ2n) is 20.8. The van der Waals surface area contributed by atoms with E-state index in [2.05, 4.69) is 4.72 Å². The van der Waals surface area contributed by atoms with Crippen LogP contribution in [0.25, 0.3) is 0 Å². The van der Waals surface area contributed by atoms with Crippen LogP contribution in [0.3, 0.4) is 0 Å². The fourth-order valence-corrected chi connectivity index (χ4v) is 10.8. The van der Waals surface area contributed by atoms with E-state index in [1.54, 1.807) is 72.1 Å². The van der Waals surface area contributed by atoms with Crippen LogP contribution in [-0.2, 0) is 57.7 Å². The molecule has 18 heteroatoms. The van der Waals surface area contributed by atoms with E-state index in [4.69, 9.17) is 23.7 Å². The zero-order chi connectivity index (χ0) is 52.8. The number of carbonyl (C=O) groups is 5. The van der Waals surface area contributed by atoms with Crippen molar-refractivity contribution in [1.29, 1.82) is 0 Å². The van der Waals surface area contributed by atoms with Gasteiger partial charge in [0, 0.05) is 58.1 Å². The van der Waals surface area contributed by atoms with Crippen LogP contribution in [0.15, 0.2) is 47.6 Å². The zero-order valence-corrected chi connectivity index (χ0v) is 44.6. The van der Waals surface area contributed by atoms with E-state index >= 15 is 0 Å². The standard InChI is InChI=1S/C53H84N2O15S/c1-32-16-14-12-11-13-15-17-33(2)47(58)49(67-10)48(59)36(5)26-34(3)43(57)30-45(35(4)27-40-21-23-44(46(28-40)66-9)68-31-39-19-20-39)69-52(62)38(7)55(8)51(61)50(60)53(63)37(6)18-22-41(70-53)29-42(32)54-71(64,65)25-24-56/h11-14,16,26,33-35,37-42,44-46,48-49,54,56,59,63H,15,17-25,27-31H2,1-10H3/b13-11-,14-12-,32-16-,36-26-/t33?,34?,35-,37+,38?,40+,41-,42?,44-,45?,46-,48?,49?,53+/m1/s1. The highest BCUT2D eigenvalue weighted by molar-refractivity contribution is 7.89. The fourth-order valence-electron chi connectivity index (χ4n) is 9.74. The summed E-state index contributed by atoms with van der Waals surface area (Å²) in [6.07, 6.45) is 12.3. The summed E-state index contributed by atoms with van der Waals surface area (Å²) in [4.78, 5) is 70.8. The van der Waals surface area contributed by atoms with Gasteiger partial charge in [0.1, 0.15) is 30.1 Å². The van der Waals surface area contributed by atoms with E-state index in [0.717, 1.165) is 24.3 Å². The molecule has 0 aromatic carbocycles. The van der Waals surface area contributed by atoms with Gasteiger partial charge in [0.25, 0.3) is 11.7 Å². The second-order valence-corrected chi connectivity index (χ2v) is 22.7. The topological polar surface area (TPSA) is 242 Å². The number of amides is 1. The van der Waals surface area contributed by atoms with Gasteiger partial charge in [-0.2, -0.15) is 0 Å². The van der Waals surface area contributed by atoms with Crippen LogP contribution in [0, 0.1) is 35.5 Å². The molecule has 1 saturated heterocycles. The number of hydrogen-bond acceptors (Lipinski definition) is 15. The lowest BCUT2D eigenvalue weighted by Crippen LogP contribution is -2.59. The molecule has 71 heavy (non-hydrogen) atoms. The molecule has 14 atom stereocenters. The van der Waals surface area contributed by atoms with Gasteiger partial charge < -0.3 is 43.9 Å². The number of likely N-dealkylation sites (N-methyl/N-ethyl adjacent to an activating group) is 1. The average molecular weight is 1020 g/mol. The van der Waals surface area contributed by atoms with Crippen LogP contribution in [0.1, 0.15) is 126 Å². The third kappa shape index (κ3) is 17.3. The molecule has 0 aromatic rings. The Balaban J connectivity index is 1.67. The van der Waals surface area contributed by atoms with Gasteiger partial charge in [-0.3, -0.25) is 19.2 Å². The number of nitrogens with zero attached hydrogens (tertiary/aromatic N) is 1. The number of aliphatic hydroxyl groups is 3.